The van der Waals surface area contributed by atoms with Crippen LogP contribution in [0.2, 0.25) is 5.02 Å². The summed E-state index contributed by atoms with van der Waals surface area (Å²) in [5, 5.41) is 24.1. The Balaban J connectivity index is 1.48. The van der Waals surface area contributed by atoms with Gasteiger partial charge in [-0.15, -0.1) is 11.8 Å². The molecule has 32 heavy (non-hydrogen) atoms. The van der Waals surface area contributed by atoms with Crippen LogP contribution in [0.25, 0.3) is 0 Å². The molecule has 0 saturated heterocycles. The van der Waals surface area contributed by atoms with Crippen molar-refractivity contribution in [3.8, 4) is 0 Å². The molecule has 1 amide bonds. The van der Waals surface area contributed by atoms with Crippen LogP contribution in [0.3, 0.4) is 0 Å². The molecule has 2 saturated carbocycles. The quantitative estimate of drug-likeness (QED) is 0.496. The number of hydrogen-bond donors (Lipinski definition) is 3. The third-order valence-electron chi connectivity index (χ3n) is 6.66. The lowest BCUT2D eigenvalue weighted by Gasteiger charge is -2.44. The maximum atomic E-state index is 13.4. The van der Waals surface area contributed by atoms with E-state index in [9.17, 15) is 28.2 Å². The average Bonchev–Trinajstić information content (AvgIpc) is 2.91. The van der Waals surface area contributed by atoms with E-state index in [1.54, 1.807) is 19.1 Å². The van der Waals surface area contributed by atoms with E-state index in [0.29, 0.717) is 22.1 Å². The Morgan fingerprint density at radius 2 is 1.75 bits per heavy atom. The minimum absolute atomic E-state index is 0.00674. The first kappa shape index (κ1) is 23.4. The van der Waals surface area contributed by atoms with Gasteiger partial charge in [0.2, 0.25) is 0 Å². The maximum absolute atomic E-state index is 13.4. The van der Waals surface area contributed by atoms with E-state index in [1.165, 1.54) is 17.8 Å². The summed E-state index contributed by atoms with van der Waals surface area (Å²) < 4.78 is 40.0. The summed E-state index contributed by atoms with van der Waals surface area (Å²) >= 11 is 7.87. The van der Waals surface area contributed by atoms with Gasteiger partial charge in [0.15, 0.2) is 17.5 Å². The smallest absolute Gasteiger partial charge is 0.255 e. The fraction of sp³-hybridized carbons (Fsp3) is 0.435. The molecule has 2 aliphatic carbocycles. The van der Waals surface area contributed by atoms with Crippen LogP contribution in [0.15, 0.2) is 35.2 Å². The molecule has 0 heterocycles. The zero-order valence-corrected chi connectivity index (χ0v) is 18.8. The van der Waals surface area contributed by atoms with Crippen LogP contribution in [0.5, 0.6) is 0 Å². The second-order valence-electron chi connectivity index (χ2n) is 8.60. The van der Waals surface area contributed by atoms with E-state index < -0.39 is 35.1 Å². The minimum Gasteiger partial charge on any atom is -0.390 e. The molecule has 0 aromatic heterocycles. The lowest BCUT2D eigenvalue weighted by Crippen LogP contribution is -2.53. The minimum atomic E-state index is -1.60. The molecule has 9 heteroatoms. The Hall–Kier alpha value is -1.74. The second-order valence-corrected chi connectivity index (χ2v) is 10.3. The van der Waals surface area contributed by atoms with Gasteiger partial charge in [-0.25, -0.2) is 13.2 Å². The van der Waals surface area contributed by atoms with Crippen molar-refractivity contribution in [1.29, 1.82) is 0 Å². The average molecular weight is 486 g/mol. The highest BCUT2D eigenvalue weighted by atomic mass is 35.5. The Labute approximate surface area is 193 Å². The second kappa shape index (κ2) is 8.89. The number of hydrogen-bond acceptors (Lipinski definition) is 4. The highest BCUT2D eigenvalue weighted by Crippen LogP contribution is 2.54. The molecule has 2 aromatic carbocycles. The Kier molecular flexibility index (Phi) is 6.51. The third kappa shape index (κ3) is 4.25. The van der Waals surface area contributed by atoms with Crippen molar-refractivity contribution in [3.63, 3.8) is 0 Å². The Bertz CT molecular complexity index is 1010. The summed E-state index contributed by atoms with van der Waals surface area (Å²) in [5.41, 5.74) is -1.01. The zero-order chi connectivity index (χ0) is 23.2. The first-order chi connectivity index (χ1) is 15.1. The SMILES string of the molecule is CC(O)C1(O)C2CC[C@H]1CC(Sc1cc(C(=O)Nc3cc(F)c(F)c(F)c3)ccc1Cl)C2. The fourth-order valence-electron chi connectivity index (χ4n) is 5.07. The molecule has 4 nitrogen and oxygen atoms in total. The van der Waals surface area contributed by atoms with Crippen LogP contribution >= 0.6 is 23.4 Å². The van der Waals surface area contributed by atoms with E-state index in [-0.39, 0.29) is 28.3 Å². The predicted molar refractivity (Wildman–Crippen MR) is 117 cm³/mol. The molecule has 0 aliphatic heterocycles. The lowest BCUT2D eigenvalue weighted by atomic mass is 9.71. The van der Waals surface area contributed by atoms with Crippen LogP contribution in [-0.2, 0) is 0 Å². The number of anilines is 1. The number of aliphatic hydroxyl groups is 2. The maximum Gasteiger partial charge on any atom is 0.255 e. The van der Waals surface area contributed by atoms with E-state index in [2.05, 4.69) is 5.32 Å². The van der Waals surface area contributed by atoms with Crippen LogP contribution in [0.1, 0.15) is 43.0 Å². The van der Waals surface area contributed by atoms with Gasteiger partial charge in [0, 0.05) is 33.5 Å². The normalized spacial score (nSPS) is 27.9. The molecule has 0 spiro atoms. The van der Waals surface area contributed by atoms with Gasteiger partial charge in [-0.3, -0.25) is 4.79 Å². The molecular weight excluding hydrogens is 463 g/mol. The largest absolute Gasteiger partial charge is 0.390 e. The molecule has 2 bridgehead atoms. The number of thioether (sulfide) groups is 1. The predicted octanol–water partition coefficient (Wildman–Crippen LogP) is 5.40. The summed E-state index contributed by atoms with van der Waals surface area (Å²) in [4.78, 5) is 13.3. The molecule has 2 aliphatic rings. The van der Waals surface area contributed by atoms with Crippen molar-refractivity contribution in [3.05, 3.63) is 58.4 Å². The molecule has 2 aromatic rings. The molecule has 172 valence electrons. The van der Waals surface area contributed by atoms with Gasteiger partial charge in [-0.05, 0) is 62.6 Å². The number of aliphatic hydroxyl groups excluding tert-OH is 1. The van der Waals surface area contributed by atoms with Crippen molar-refractivity contribution in [2.45, 2.75) is 54.5 Å². The van der Waals surface area contributed by atoms with Crippen molar-refractivity contribution in [1.82, 2.24) is 0 Å². The van der Waals surface area contributed by atoms with Gasteiger partial charge >= 0.3 is 0 Å². The van der Waals surface area contributed by atoms with E-state index >= 15 is 0 Å². The van der Waals surface area contributed by atoms with Crippen LogP contribution < -0.4 is 5.32 Å². The number of carbonyl (C=O) groups excluding carboxylic acids is 1. The first-order valence-corrected chi connectivity index (χ1v) is 11.7. The fourth-order valence-corrected chi connectivity index (χ4v) is 6.71. The van der Waals surface area contributed by atoms with Gasteiger partial charge in [0.05, 0.1) is 16.7 Å². The molecule has 2 fully saturated rings. The summed E-state index contributed by atoms with van der Waals surface area (Å²) in [7, 11) is 0. The van der Waals surface area contributed by atoms with E-state index in [0.717, 1.165) is 25.7 Å². The summed E-state index contributed by atoms with van der Waals surface area (Å²) in [6.07, 6.45) is 2.39. The highest BCUT2D eigenvalue weighted by molar-refractivity contribution is 8.00. The van der Waals surface area contributed by atoms with Crippen LogP contribution in [0.4, 0.5) is 18.9 Å². The van der Waals surface area contributed by atoms with E-state index in [1.807, 2.05) is 0 Å². The number of carbonyl (C=O) groups is 1. The number of rotatable bonds is 5. The third-order valence-corrected chi connectivity index (χ3v) is 8.42. The number of fused-ring (bicyclic) bond motifs is 2. The lowest BCUT2D eigenvalue weighted by molar-refractivity contribution is -0.134. The van der Waals surface area contributed by atoms with Crippen molar-refractivity contribution in [2.24, 2.45) is 11.8 Å². The Morgan fingerprint density at radius 1 is 1.16 bits per heavy atom. The molecule has 0 radical (unpaired) electrons. The van der Waals surface area contributed by atoms with Crippen molar-refractivity contribution < 1.29 is 28.2 Å². The zero-order valence-electron chi connectivity index (χ0n) is 17.2. The van der Waals surface area contributed by atoms with Gasteiger partial charge in [-0.2, -0.15) is 0 Å². The van der Waals surface area contributed by atoms with Crippen LogP contribution in [0, 0.1) is 29.3 Å². The summed E-state index contributed by atoms with van der Waals surface area (Å²) in [6, 6.07) is 6.10. The number of amides is 1. The first-order valence-electron chi connectivity index (χ1n) is 10.4. The molecule has 3 N–H and O–H groups in total. The summed E-state index contributed by atoms with van der Waals surface area (Å²) in [6.45, 7) is 1.64. The Morgan fingerprint density at radius 3 is 2.31 bits per heavy atom. The molecular formula is C23H23ClF3NO3S. The monoisotopic (exact) mass is 485 g/mol. The highest BCUT2D eigenvalue weighted by Gasteiger charge is 2.55. The topological polar surface area (TPSA) is 69.6 Å². The number of halogens is 4. The van der Waals surface area contributed by atoms with Gasteiger partial charge in [-0.1, -0.05) is 11.6 Å². The van der Waals surface area contributed by atoms with E-state index in [4.69, 9.17) is 11.6 Å². The summed E-state index contributed by atoms with van der Waals surface area (Å²) in [5.74, 6) is -4.98. The van der Waals surface area contributed by atoms with Gasteiger partial charge < -0.3 is 15.5 Å². The standard InChI is InChI=1S/C23H23ClF3NO3S/c1-11(29)23(31)13-3-4-14(23)8-16(7-13)32-20-6-12(2-5-17(20)24)22(30)28-15-9-18(25)21(27)19(26)10-15/h2,5-6,9-11,13-14,16,29,31H,3-4,7-8H2,1H3,(H,28,30)/t11?,13-,14?,16?,23?/m0/s1. The molecule has 5 atom stereocenters. The van der Waals surface area contributed by atoms with Gasteiger partial charge in [0.25, 0.3) is 5.91 Å². The molecule has 4 unspecified atom stereocenters. The van der Waals surface area contributed by atoms with Gasteiger partial charge in [0.1, 0.15) is 0 Å². The molecule has 4 rings (SSSR count). The van der Waals surface area contributed by atoms with Crippen molar-refractivity contribution >= 4 is 35.0 Å². The van der Waals surface area contributed by atoms with Crippen LogP contribution in [-0.4, -0.2) is 33.1 Å². The number of benzene rings is 2. The van der Waals surface area contributed by atoms with Crippen molar-refractivity contribution in [2.75, 3.05) is 5.32 Å². The number of nitrogens with one attached hydrogen (secondary N) is 1.